The molecule has 2 aromatic carbocycles. The van der Waals surface area contributed by atoms with Crippen molar-refractivity contribution in [3.63, 3.8) is 0 Å². The molecule has 0 spiro atoms. The highest BCUT2D eigenvalue weighted by molar-refractivity contribution is 8.15. The predicted molar refractivity (Wildman–Crippen MR) is 100 cm³/mol. The molecule has 5 heteroatoms. The lowest BCUT2D eigenvalue weighted by Gasteiger charge is -2.07. The van der Waals surface area contributed by atoms with Crippen molar-refractivity contribution < 1.29 is 4.79 Å². The number of carbonyl (C=O) groups is 1. The van der Waals surface area contributed by atoms with Gasteiger partial charge in [0.05, 0.1) is 11.0 Å². The molecular formula is C19H19N3OS. The second kappa shape index (κ2) is 7.45. The zero-order valence-electron chi connectivity index (χ0n) is 13.7. The Bertz CT molecular complexity index is 799. The van der Waals surface area contributed by atoms with E-state index in [1.54, 1.807) is 0 Å². The maximum atomic E-state index is 12.2. The maximum absolute atomic E-state index is 12.2. The Hall–Kier alpha value is -2.40. The topological polar surface area (TPSA) is 53.8 Å². The summed E-state index contributed by atoms with van der Waals surface area (Å²) in [5.41, 5.74) is 4.23. The molecule has 1 saturated heterocycles. The van der Waals surface area contributed by atoms with Crippen molar-refractivity contribution >= 4 is 28.5 Å². The molecule has 0 radical (unpaired) electrons. The predicted octanol–water partition coefficient (Wildman–Crippen LogP) is 3.55. The number of hydrogen-bond acceptors (Lipinski definition) is 4. The van der Waals surface area contributed by atoms with Crippen LogP contribution in [0.5, 0.6) is 0 Å². The van der Waals surface area contributed by atoms with E-state index < -0.39 is 0 Å². The Balaban J connectivity index is 1.69. The van der Waals surface area contributed by atoms with Crippen molar-refractivity contribution in [1.82, 2.24) is 5.32 Å². The molecule has 1 fully saturated rings. The average molecular weight is 337 g/mol. The van der Waals surface area contributed by atoms with Gasteiger partial charge in [-0.1, -0.05) is 66.4 Å². The minimum Gasteiger partial charge on any atom is -0.303 e. The molecule has 1 aliphatic heterocycles. The van der Waals surface area contributed by atoms with Gasteiger partial charge in [0.15, 0.2) is 5.17 Å². The second-order valence-corrected chi connectivity index (χ2v) is 6.87. The van der Waals surface area contributed by atoms with E-state index in [-0.39, 0.29) is 11.2 Å². The standard InChI is InChI=1S/C19H19N3OS/c1-13-8-6-7-11-16(13)12-17-18(23)20-19(24-17)22-21-14(2)15-9-4-3-5-10-15/h3-11,17H,12H2,1-2H3,(H,20,22,23)/b21-14-/t17-/m1/s1. The fourth-order valence-corrected chi connectivity index (χ4v) is 3.43. The molecule has 1 aliphatic rings. The van der Waals surface area contributed by atoms with Gasteiger partial charge in [0, 0.05) is 0 Å². The molecule has 0 aliphatic carbocycles. The summed E-state index contributed by atoms with van der Waals surface area (Å²) in [5.74, 6) is -0.00503. The summed E-state index contributed by atoms with van der Waals surface area (Å²) >= 11 is 1.44. The van der Waals surface area contributed by atoms with Crippen LogP contribution in [0, 0.1) is 6.92 Å². The Morgan fingerprint density at radius 3 is 2.58 bits per heavy atom. The molecule has 0 saturated carbocycles. The van der Waals surface area contributed by atoms with Crippen LogP contribution in [0.3, 0.4) is 0 Å². The first-order valence-corrected chi connectivity index (χ1v) is 8.71. The van der Waals surface area contributed by atoms with Gasteiger partial charge < -0.3 is 5.32 Å². The summed E-state index contributed by atoms with van der Waals surface area (Å²) in [6.45, 7) is 3.97. The zero-order chi connectivity index (χ0) is 16.9. The van der Waals surface area contributed by atoms with E-state index in [0.29, 0.717) is 11.6 Å². The lowest BCUT2D eigenvalue weighted by Crippen LogP contribution is -2.26. The van der Waals surface area contributed by atoms with Crippen molar-refractivity contribution in [2.75, 3.05) is 0 Å². The molecule has 1 heterocycles. The summed E-state index contributed by atoms with van der Waals surface area (Å²) < 4.78 is 0. The Kier molecular flexibility index (Phi) is 5.11. The van der Waals surface area contributed by atoms with Gasteiger partial charge in [-0.25, -0.2) is 0 Å². The average Bonchev–Trinajstić information content (AvgIpc) is 2.95. The van der Waals surface area contributed by atoms with E-state index in [4.69, 9.17) is 0 Å². The van der Waals surface area contributed by atoms with Gasteiger partial charge in [-0.15, -0.1) is 5.10 Å². The molecular weight excluding hydrogens is 318 g/mol. The van der Waals surface area contributed by atoms with Gasteiger partial charge in [-0.3, -0.25) is 4.79 Å². The van der Waals surface area contributed by atoms with Crippen LogP contribution in [0.2, 0.25) is 0 Å². The quantitative estimate of drug-likeness (QED) is 0.685. The van der Waals surface area contributed by atoms with E-state index in [0.717, 1.165) is 11.3 Å². The van der Waals surface area contributed by atoms with Gasteiger partial charge >= 0.3 is 0 Å². The third-order valence-corrected chi connectivity index (χ3v) is 5.00. The number of nitrogens with one attached hydrogen (secondary N) is 1. The molecule has 3 rings (SSSR count). The highest BCUT2D eigenvalue weighted by Crippen LogP contribution is 2.24. The van der Waals surface area contributed by atoms with Crippen LogP contribution in [0.25, 0.3) is 0 Å². The summed E-state index contributed by atoms with van der Waals surface area (Å²) in [5, 5.41) is 11.7. The smallest absolute Gasteiger partial charge is 0.239 e. The first-order chi connectivity index (χ1) is 11.6. The third kappa shape index (κ3) is 3.92. The molecule has 1 amide bonds. The van der Waals surface area contributed by atoms with Gasteiger partial charge in [0.2, 0.25) is 5.91 Å². The summed E-state index contributed by atoms with van der Waals surface area (Å²) in [6, 6.07) is 18.0. The van der Waals surface area contributed by atoms with Crippen LogP contribution >= 0.6 is 11.8 Å². The summed E-state index contributed by atoms with van der Waals surface area (Å²) in [6.07, 6.45) is 0.698. The Morgan fingerprint density at radius 1 is 1.12 bits per heavy atom. The van der Waals surface area contributed by atoms with Crippen molar-refractivity contribution in [2.45, 2.75) is 25.5 Å². The number of aryl methyl sites for hydroxylation is 1. The van der Waals surface area contributed by atoms with E-state index in [9.17, 15) is 4.79 Å². The zero-order valence-corrected chi connectivity index (χ0v) is 14.5. The number of carbonyl (C=O) groups excluding carboxylic acids is 1. The minimum absolute atomic E-state index is 0.00503. The van der Waals surface area contributed by atoms with E-state index in [2.05, 4.69) is 34.6 Å². The van der Waals surface area contributed by atoms with Crippen molar-refractivity contribution in [2.24, 2.45) is 10.2 Å². The van der Waals surface area contributed by atoms with Crippen molar-refractivity contribution in [3.8, 4) is 0 Å². The molecule has 4 nitrogen and oxygen atoms in total. The monoisotopic (exact) mass is 337 g/mol. The van der Waals surface area contributed by atoms with E-state index >= 15 is 0 Å². The molecule has 0 bridgehead atoms. The van der Waals surface area contributed by atoms with E-state index in [1.807, 2.05) is 49.4 Å². The van der Waals surface area contributed by atoms with Crippen LogP contribution in [0.15, 0.2) is 64.8 Å². The summed E-state index contributed by atoms with van der Waals surface area (Å²) in [4.78, 5) is 12.2. The van der Waals surface area contributed by atoms with Crippen LogP contribution in [-0.2, 0) is 11.2 Å². The number of amides is 1. The van der Waals surface area contributed by atoms with Crippen LogP contribution < -0.4 is 5.32 Å². The number of benzene rings is 2. The first kappa shape index (κ1) is 16.5. The second-order valence-electron chi connectivity index (χ2n) is 5.68. The number of rotatable bonds is 4. The number of nitrogens with zero attached hydrogens (tertiary/aromatic N) is 2. The molecule has 1 N–H and O–H groups in total. The largest absolute Gasteiger partial charge is 0.303 e. The molecule has 122 valence electrons. The van der Waals surface area contributed by atoms with Gasteiger partial charge in [-0.05, 0) is 37.0 Å². The number of amidine groups is 1. The lowest BCUT2D eigenvalue weighted by molar-refractivity contribution is -0.118. The lowest BCUT2D eigenvalue weighted by atomic mass is 10.0. The summed E-state index contributed by atoms with van der Waals surface area (Å²) in [7, 11) is 0. The minimum atomic E-state index is -0.155. The molecule has 0 unspecified atom stereocenters. The van der Waals surface area contributed by atoms with Crippen molar-refractivity contribution in [3.05, 3.63) is 71.3 Å². The molecule has 24 heavy (non-hydrogen) atoms. The maximum Gasteiger partial charge on any atom is 0.239 e. The van der Waals surface area contributed by atoms with Crippen LogP contribution in [-0.4, -0.2) is 22.0 Å². The third-order valence-electron chi connectivity index (χ3n) is 3.93. The number of thioether (sulfide) groups is 1. The van der Waals surface area contributed by atoms with Gasteiger partial charge in [-0.2, -0.15) is 5.10 Å². The highest BCUT2D eigenvalue weighted by Gasteiger charge is 2.30. The molecule has 2 aromatic rings. The SMILES string of the molecule is C/C(=N/N=C1/NC(=O)[C@@H](Cc2ccccc2C)S1)c1ccccc1. The first-order valence-electron chi connectivity index (χ1n) is 7.83. The van der Waals surface area contributed by atoms with Gasteiger partial charge in [0.25, 0.3) is 0 Å². The van der Waals surface area contributed by atoms with E-state index in [1.165, 1.54) is 22.9 Å². The van der Waals surface area contributed by atoms with Crippen LogP contribution in [0.1, 0.15) is 23.6 Å². The Morgan fingerprint density at radius 2 is 1.83 bits per heavy atom. The Labute approximate surface area is 146 Å². The number of hydrogen-bond donors (Lipinski definition) is 1. The molecule has 0 aromatic heterocycles. The highest BCUT2D eigenvalue weighted by atomic mass is 32.2. The fourth-order valence-electron chi connectivity index (χ4n) is 2.48. The normalized spacial score (nSPS) is 19.6. The van der Waals surface area contributed by atoms with Gasteiger partial charge in [0.1, 0.15) is 0 Å². The molecule has 1 atom stereocenters. The van der Waals surface area contributed by atoms with Crippen LogP contribution in [0.4, 0.5) is 0 Å². The fraction of sp³-hybridized carbons (Fsp3) is 0.211. The van der Waals surface area contributed by atoms with Crippen molar-refractivity contribution in [1.29, 1.82) is 0 Å².